The van der Waals surface area contributed by atoms with Crippen molar-refractivity contribution in [2.24, 2.45) is 0 Å². The second kappa shape index (κ2) is 9.63. The Bertz CT molecular complexity index is 1440. The Kier molecular flexibility index (Phi) is 6.42. The predicted molar refractivity (Wildman–Crippen MR) is 148 cm³/mol. The van der Waals surface area contributed by atoms with Crippen LogP contribution in [0.4, 0.5) is 0 Å². The van der Waals surface area contributed by atoms with Crippen LogP contribution in [0.25, 0.3) is 45.1 Å². The quantitative estimate of drug-likeness (QED) is 0.184. The maximum absolute atomic E-state index is 9.81. The fraction of sp³-hybridized carbons (Fsp3) is 0. The van der Waals surface area contributed by atoms with Crippen molar-refractivity contribution >= 4 is 67.4 Å². The Labute approximate surface area is 221 Å². The largest absolute Gasteiger partial charge is 0.507 e. The minimum Gasteiger partial charge on any atom is -0.507 e. The molecule has 4 aromatic carbocycles. The Morgan fingerprint density at radius 3 is 1.38 bits per heavy atom. The minimum atomic E-state index is 0.178. The topological polar surface area (TPSA) is 92.5 Å². The fourth-order valence-electron chi connectivity index (χ4n) is 3.33. The van der Waals surface area contributed by atoms with Crippen LogP contribution in [0.3, 0.4) is 0 Å². The summed E-state index contributed by atoms with van der Waals surface area (Å²) in [6, 6.07) is 25.7. The molecule has 0 amide bonds. The lowest BCUT2D eigenvalue weighted by atomic mass is 10.2. The van der Waals surface area contributed by atoms with E-state index >= 15 is 0 Å². The summed E-state index contributed by atoms with van der Waals surface area (Å²) in [7, 11) is 0. The van der Waals surface area contributed by atoms with Gasteiger partial charge in [-0.25, -0.2) is 9.97 Å². The minimum absolute atomic E-state index is 0.178. The van der Waals surface area contributed by atoms with Gasteiger partial charge in [0.15, 0.2) is 11.2 Å². The number of fused-ring (bicyclic) bond motifs is 2. The number of para-hydroxylation sites is 4. The second-order valence-electron chi connectivity index (χ2n) is 7.30. The van der Waals surface area contributed by atoms with Crippen LogP contribution in [0.2, 0.25) is 0 Å². The van der Waals surface area contributed by atoms with E-state index in [0.29, 0.717) is 22.9 Å². The molecule has 34 heavy (non-hydrogen) atoms. The molecule has 0 aliphatic rings. The molecule has 0 fully saturated rings. The summed E-state index contributed by atoms with van der Waals surface area (Å²) in [4.78, 5) is 8.71. The molecular weight excluding hydrogens is 658 g/mol. The van der Waals surface area contributed by atoms with Crippen LogP contribution in [0, 0.1) is 7.14 Å². The molecule has 0 radical (unpaired) electrons. The van der Waals surface area contributed by atoms with Crippen molar-refractivity contribution < 1.29 is 19.0 Å². The Hall–Kier alpha value is -3.12. The summed E-state index contributed by atoms with van der Waals surface area (Å²) in [5, 5.41) is 19.6. The van der Waals surface area contributed by atoms with Crippen molar-refractivity contribution in [2.45, 2.75) is 0 Å². The van der Waals surface area contributed by atoms with Gasteiger partial charge in [-0.15, -0.1) is 0 Å². The number of nitrogens with zero attached hydrogens (tertiary/aromatic N) is 2. The number of phenols is 2. The molecule has 2 aromatic heterocycles. The summed E-state index contributed by atoms with van der Waals surface area (Å²) in [5.41, 5.74) is 4.27. The van der Waals surface area contributed by atoms with Crippen molar-refractivity contribution in [3.8, 4) is 34.4 Å². The van der Waals surface area contributed by atoms with E-state index in [0.717, 1.165) is 29.3 Å². The van der Waals surface area contributed by atoms with Gasteiger partial charge in [-0.1, -0.05) is 24.3 Å². The SMILES string of the molecule is Oc1ccc(I)cc1-c1nc2ccccc2o1.Oc1ccc(I)cc1-c1nc2ccccc2o1. The van der Waals surface area contributed by atoms with E-state index in [1.54, 1.807) is 12.1 Å². The highest BCUT2D eigenvalue weighted by Crippen LogP contribution is 2.33. The van der Waals surface area contributed by atoms with Crippen molar-refractivity contribution in [1.29, 1.82) is 0 Å². The molecule has 0 bridgehead atoms. The number of aromatic nitrogens is 2. The van der Waals surface area contributed by atoms with E-state index in [1.807, 2.05) is 72.8 Å². The van der Waals surface area contributed by atoms with Gasteiger partial charge in [0.25, 0.3) is 0 Å². The molecule has 168 valence electrons. The highest BCUT2D eigenvalue weighted by atomic mass is 127. The molecule has 0 spiro atoms. The van der Waals surface area contributed by atoms with E-state index in [-0.39, 0.29) is 11.5 Å². The molecule has 0 unspecified atom stereocenters. The molecular formula is C26H16I2N2O4. The molecule has 2 N–H and O–H groups in total. The van der Waals surface area contributed by atoms with Crippen LogP contribution in [0.5, 0.6) is 11.5 Å². The summed E-state index contributed by atoms with van der Waals surface area (Å²) in [6.07, 6.45) is 0. The standard InChI is InChI=1S/2C13H8INO2/c2*14-8-5-6-11(16)9(7-8)13-15-10-3-1-2-4-12(10)17-13/h2*1-7,16H. The van der Waals surface area contributed by atoms with Gasteiger partial charge < -0.3 is 19.0 Å². The predicted octanol–water partition coefficient (Wildman–Crippen LogP) is 7.61. The smallest absolute Gasteiger partial charge is 0.231 e. The zero-order valence-corrected chi connectivity index (χ0v) is 21.8. The van der Waals surface area contributed by atoms with E-state index in [9.17, 15) is 10.2 Å². The average molecular weight is 674 g/mol. The lowest BCUT2D eigenvalue weighted by Gasteiger charge is -1.99. The Morgan fingerprint density at radius 1 is 0.559 bits per heavy atom. The first-order valence-electron chi connectivity index (χ1n) is 10.2. The van der Waals surface area contributed by atoms with E-state index < -0.39 is 0 Å². The number of aromatic hydroxyl groups is 2. The Balaban J connectivity index is 0.000000142. The molecule has 0 atom stereocenters. The summed E-state index contributed by atoms with van der Waals surface area (Å²) in [6.45, 7) is 0. The van der Waals surface area contributed by atoms with Gasteiger partial charge >= 0.3 is 0 Å². The van der Waals surface area contributed by atoms with Gasteiger partial charge in [-0.05, 0) is 106 Å². The zero-order valence-electron chi connectivity index (χ0n) is 17.4. The van der Waals surface area contributed by atoms with Gasteiger partial charge in [-0.2, -0.15) is 0 Å². The lowest BCUT2D eigenvalue weighted by Crippen LogP contribution is -1.80. The molecule has 0 saturated carbocycles. The molecule has 6 aromatic rings. The van der Waals surface area contributed by atoms with Crippen LogP contribution >= 0.6 is 45.2 Å². The van der Waals surface area contributed by atoms with Gasteiger partial charge in [0.05, 0.1) is 11.1 Å². The molecule has 8 heteroatoms. The van der Waals surface area contributed by atoms with E-state index in [4.69, 9.17) is 8.83 Å². The van der Waals surface area contributed by atoms with Crippen molar-refractivity contribution in [3.05, 3.63) is 92.1 Å². The zero-order chi connectivity index (χ0) is 23.7. The summed E-state index contributed by atoms with van der Waals surface area (Å²) >= 11 is 4.37. The van der Waals surface area contributed by atoms with Crippen molar-refractivity contribution in [2.75, 3.05) is 0 Å². The number of benzene rings is 4. The maximum atomic E-state index is 9.81. The van der Waals surface area contributed by atoms with Gasteiger partial charge in [0, 0.05) is 7.14 Å². The van der Waals surface area contributed by atoms with Gasteiger partial charge in [0.2, 0.25) is 11.8 Å². The molecule has 0 aliphatic heterocycles. The van der Waals surface area contributed by atoms with Gasteiger partial charge in [0.1, 0.15) is 22.5 Å². The first-order chi connectivity index (χ1) is 16.5. The number of oxazole rings is 2. The molecule has 0 aliphatic carbocycles. The maximum Gasteiger partial charge on any atom is 0.231 e. The van der Waals surface area contributed by atoms with Crippen molar-refractivity contribution in [3.63, 3.8) is 0 Å². The van der Waals surface area contributed by atoms with E-state index in [1.165, 1.54) is 0 Å². The second-order valence-corrected chi connectivity index (χ2v) is 9.79. The summed E-state index contributed by atoms with van der Waals surface area (Å²) in [5.74, 6) is 1.25. The first-order valence-corrected chi connectivity index (χ1v) is 12.3. The normalized spacial score (nSPS) is 10.9. The molecule has 0 saturated heterocycles. The van der Waals surface area contributed by atoms with Crippen LogP contribution in [-0.2, 0) is 0 Å². The van der Waals surface area contributed by atoms with Crippen LogP contribution < -0.4 is 0 Å². The molecule has 6 nitrogen and oxygen atoms in total. The summed E-state index contributed by atoms with van der Waals surface area (Å²) < 4.78 is 13.3. The van der Waals surface area contributed by atoms with E-state index in [2.05, 4.69) is 55.1 Å². The fourth-order valence-corrected chi connectivity index (χ4v) is 4.32. The highest BCUT2D eigenvalue weighted by molar-refractivity contribution is 14.1. The molecule has 6 rings (SSSR count). The third-order valence-corrected chi connectivity index (χ3v) is 6.31. The average Bonchev–Trinajstić information content (AvgIpc) is 3.47. The van der Waals surface area contributed by atoms with Crippen LogP contribution in [0.15, 0.2) is 93.8 Å². The lowest BCUT2D eigenvalue weighted by molar-refractivity contribution is 0.473. The highest BCUT2D eigenvalue weighted by Gasteiger charge is 2.13. The number of halogens is 2. The molecule has 2 heterocycles. The number of hydrogen-bond donors (Lipinski definition) is 2. The third kappa shape index (κ3) is 4.73. The Morgan fingerprint density at radius 2 is 0.971 bits per heavy atom. The third-order valence-electron chi connectivity index (χ3n) is 4.97. The van der Waals surface area contributed by atoms with Crippen LogP contribution in [-0.4, -0.2) is 20.2 Å². The number of rotatable bonds is 2. The monoisotopic (exact) mass is 674 g/mol. The number of phenolic OH excluding ortho intramolecular Hbond substituents is 2. The van der Waals surface area contributed by atoms with Gasteiger partial charge in [-0.3, -0.25) is 0 Å². The van der Waals surface area contributed by atoms with Crippen molar-refractivity contribution in [1.82, 2.24) is 9.97 Å². The number of hydrogen-bond acceptors (Lipinski definition) is 6. The van der Waals surface area contributed by atoms with Crippen LogP contribution in [0.1, 0.15) is 0 Å². The first kappa shape index (κ1) is 22.7.